The number of nitrogens with zero attached hydrogens (tertiary/aromatic N) is 1. The van der Waals surface area contributed by atoms with Crippen LogP contribution in [0.4, 0.5) is 5.69 Å². The number of hydrazine groups is 1. The van der Waals surface area contributed by atoms with Crippen LogP contribution in [0, 0.1) is 5.92 Å². The number of carbonyl (C=O) groups is 2. The normalized spacial score (nSPS) is 23.3. The maximum Gasteiger partial charge on any atom is 0.338 e. The number of hydrogen-bond donors (Lipinski definition) is 2. The smallest absolute Gasteiger partial charge is 0.338 e. The van der Waals surface area contributed by atoms with Crippen LogP contribution in [-0.4, -0.2) is 31.1 Å². The molecule has 35 heavy (non-hydrogen) atoms. The summed E-state index contributed by atoms with van der Waals surface area (Å²) in [5.41, 5.74) is 9.98. The van der Waals surface area contributed by atoms with Crippen molar-refractivity contribution in [3.8, 4) is 5.75 Å². The molecule has 3 aromatic carbocycles. The van der Waals surface area contributed by atoms with Crippen molar-refractivity contribution in [1.82, 2.24) is 10.9 Å². The molecule has 3 aromatic rings. The number of esters is 1. The molecule has 0 aliphatic carbocycles. The van der Waals surface area contributed by atoms with Crippen molar-refractivity contribution in [3.05, 3.63) is 95.6 Å². The van der Waals surface area contributed by atoms with E-state index in [1.807, 2.05) is 54.3 Å². The van der Waals surface area contributed by atoms with Crippen molar-refractivity contribution in [1.29, 1.82) is 0 Å². The Morgan fingerprint density at radius 2 is 1.51 bits per heavy atom. The molecule has 5 rings (SSSR count). The fraction of sp³-hybridized carbons (Fsp3) is 0.286. The van der Waals surface area contributed by atoms with E-state index in [2.05, 4.69) is 35.1 Å². The molecule has 1 amide bonds. The van der Waals surface area contributed by atoms with Crippen LogP contribution in [-0.2, 0) is 9.53 Å². The number of hydrogen-bond acceptors (Lipinski definition) is 6. The van der Waals surface area contributed by atoms with Crippen molar-refractivity contribution in [2.75, 3.05) is 18.1 Å². The van der Waals surface area contributed by atoms with Gasteiger partial charge in [0.2, 0.25) is 5.91 Å². The minimum Gasteiger partial charge on any atom is -0.494 e. The van der Waals surface area contributed by atoms with Crippen molar-refractivity contribution in [2.45, 2.75) is 32.0 Å². The maximum absolute atomic E-state index is 13.7. The second-order valence-electron chi connectivity index (χ2n) is 8.65. The summed E-state index contributed by atoms with van der Waals surface area (Å²) in [6.45, 7) is 4.67. The number of rotatable bonds is 7. The summed E-state index contributed by atoms with van der Waals surface area (Å²) in [5.74, 6) is 0.398. The molecule has 2 saturated heterocycles. The molecule has 2 N–H and O–H groups in total. The Balaban J connectivity index is 1.51. The van der Waals surface area contributed by atoms with Crippen LogP contribution in [0.1, 0.15) is 47.4 Å². The summed E-state index contributed by atoms with van der Waals surface area (Å²) in [6, 6.07) is 24.5. The summed E-state index contributed by atoms with van der Waals surface area (Å²) in [4.78, 5) is 27.7. The zero-order chi connectivity index (χ0) is 24.4. The molecule has 2 fully saturated rings. The molecule has 2 aliphatic rings. The second kappa shape index (κ2) is 9.90. The molecule has 2 aliphatic heterocycles. The number of ether oxygens (including phenoxy) is 2. The Morgan fingerprint density at radius 3 is 2.17 bits per heavy atom. The fourth-order valence-electron chi connectivity index (χ4n) is 5.14. The summed E-state index contributed by atoms with van der Waals surface area (Å²) in [5, 5.41) is 0. The number of carbonyl (C=O) groups excluding carboxylic acids is 2. The van der Waals surface area contributed by atoms with Crippen LogP contribution >= 0.6 is 0 Å². The summed E-state index contributed by atoms with van der Waals surface area (Å²) >= 11 is 0. The monoisotopic (exact) mass is 471 g/mol. The molecule has 0 spiro atoms. The van der Waals surface area contributed by atoms with Gasteiger partial charge in [0.15, 0.2) is 0 Å². The van der Waals surface area contributed by atoms with Gasteiger partial charge in [0.1, 0.15) is 11.8 Å². The van der Waals surface area contributed by atoms with E-state index in [0.717, 1.165) is 22.6 Å². The lowest BCUT2D eigenvalue weighted by Gasteiger charge is -2.31. The largest absolute Gasteiger partial charge is 0.494 e. The molecule has 4 unspecified atom stereocenters. The van der Waals surface area contributed by atoms with Gasteiger partial charge in [-0.25, -0.2) is 15.6 Å². The van der Waals surface area contributed by atoms with Crippen LogP contribution in [0.3, 0.4) is 0 Å². The zero-order valence-corrected chi connectivity index (χ0v) is 19.8. The lowest BCUT2D eigenvalue weighted by molar-refractivity contribution is -0.119. The van der Waals surface area contributed by atoms with Gasteiger partial charge in [-0.15, -0.1) is 0 Å². The Morgan fingerprint density at radius 1 is 0.829 bits per heavy atom. The number of nitrogens with one attached hydrogen (secondary N) is 2. The highest BCUT2D eigenvalue weighted by atomic mass is 16.5. The van der Waals surface area contributed by atoms with Crippen LogP contribution in [0.25, 0.3) is 0 Å². The SMILES string of the molecule is CCOC(=O)c1ccc(N2C(=O)C3NNC(c4ccc(OCC)cc4)C3C2c2ccccc2)cc1. The molecule has 0 radical (unpaired) electrons. The predicted molar refractivity (Wildman–Crippen MR) is 133 cm³/mol. The van der Waals surface area contributed by atoms with Gasteiger partial charge in [0, 0.05) is 11.6 Å². The third-order valence-electron chi connectivity index (χ3n) is 6.66. The zero-order valence-electron chi connectivity index (χ0n) is 19.8. The first-order valence-corrected chi connectivity index (χ1v) is 12.0. The lowest BCUT2D eigenvalue weighted by atomic mass is 9.83. The van der Waals surface area contributed by atoms with E-state index in [4.69, 9.17) is 9.47 Å². The minimum absolute atomic E-state index is 0.00586. The highest BCUT2D eigenvalue weighted by molar-refractivity contribution is 6.02. The number of anilines is 1. The van der Waals surface area contributed by atoms with Gasteiger partial charge in [0.05, 0.1) is 30.9 Å². The molecule has 4 atom stereocenters. The van der Waals surface area contributed by atoms with Crippen LogP contribution in [0.2, 0.25) is 0 Å². The second-order valence-corrected chi connectivity index (χ2v) is 8.65. The van der Waals surface area contributed by atoms with Gasteiger partial charge < -0.3 is 14.4 Å². The van der Waals surface area contributed by atoms with E-state index < -0.39 is 0 Å². The van der Waals surface area contributed by atoms with E-state index >= 15 is 0 Å². The highest BCUT2D eigenvalue weighted by Crippen LogP contribution is 2.49. The molecule has 2 heterocycles. The van der Waals surface area contributed by atoms with Gasteiger partial charge in [0.25, 0.3) is 0 Å². The molecule has 7 heteroatoms. The van der Waals surface area contributed by atoms with Crippen molar-refractivity contribution in [2.24, 2.45) is 5.92 Å². The topological polar surface area (TPSA) is 79.9 Å². The Bertz CT molecular complexity index is 1180. The fourth-order valence-corrected chi connectivity index (χ4v) is 5.14. The van der Waals surface area contributed by atoms with Crippen LogP contribution in [0.5, 0.6) is 5.75 Å². The molecule has 180 valence electrons. The third kappa shape index (κ3) is 4.29. The molecular weight excluding hydrogens is 442 g/mol. The predicted octanol–water partition coefficient (Wildman–Crippen LogP) is 4.18. The molecular formula is C28H29N3O4. The van der Waals surface area contributed by atoms with Crippen LogP contribution < -0.4 is 20.5 Å². The van der Waals surface area contributed by atoms with Gasteiger partial charge in [-0.3, -0.25) is 4.79 Å². The summed E-state index contributed by atoms with van der Waals surface area (Å²) < 4.78 is 10.7. The molecule has 0 aromatic heterocycles. The number of amides is 1. The summed E-state index contributed by atoms with van der Waals surface area (Å²) in [6.07, 6.45) is 0. The van der Waals surface area contributed by atoms with Gasteiger partial charge in [-0.05, 0) is 61.4 Å². The van der Waals surface area contributed by atoms with Gasteiger partial charge in [-0.2, -0.15) is 0 Å². The van der Waals surface area contributed by atoms with Gasteiger partial charge in [-0.1, -0.05) is 42.5 Å². The highest BCUT2D eigenvalue weighted by Gasteiger charge is 2.55. The number of benzene rings is 3. The summed E-state index contributed by atoms with van der Waals surface area (Å²) in [7, 11) is 0. The van der Waals surface area contributed by atoms with E-state index in [-0.39, 0.29) is 35.9 Å². The van der Waals surface area contributed by atoms with E-state index in [1.54, 1.807) is 19.1 Å². The Hall–Kier alpha value is -3.68. The van der Waals surface area contributed by atoms with Crippen LogP contribution in [0.15, 0.2) is 78.9 Å². The first-order valence-electron chi connectivity index (χ1n) is 12.0. The van der Waals surface area contributed by atoms with E-state index in [1.165, 1.54) is 0 Å². The number of fused-ring (bicyclic) bond motifs is 1. The average Bonchev–Trinajstić information content (AvgIpc) is 3.44. The first kappa shape index (κ1) is 23.1. The van der Waals surface area contributed by atoms with Crippen molar-refractivity contribution < 1.29 is 19.1 Å². The average molecular weight is 472 g/mol. The van der Waals surface area contributed by atoms with Crippen molar-refractivity contribution in [3.63, 3.8) is 0 Å². The first-order chi connectivity index (χ1) is 17.1. The van der Waals surface area contributed by atoms with E-state index in [0.29, 0.717) is 18.8 Å². The third-order valence-corrected chi connectivity index (χ3v) is 6.66. The molecule has 7 nitrogen and oxygen atoms in total. The Kier molecular flexibility index (Phi) is 6.53. The quantitative estimate of drug-likeness (QED) is 0.503. The van der Waals surface area contributed by atoms with Crippen molar-refractivity contribution >= 4 is 17.6 Å². The van der Waals surface area contributed by atoms with E-state index in [9.17, 15) is 9.59 Å². The van der Waals surface area contributed by atoms with Gasteiger partial charge >= 0.3 is 5.97 Å². The Labute approximate surface area is 205 Å². The minimum atomic E-state index is -0.387. The maximum atomic E-state index is 13.7. The standard InChI is InChI=1S/C28H29N3O4/c1-3-34-22-16-12-18(13-17-22)24-23-25(30-29-24)27(32)31(26(23)19-8-6-5-7-9-19)21-14-10-20(11-15-21)28(33)35-4-2/h5-17,23-26,29-30H,3-4H2,1-2H3. The molecule has 0 bridgehead atoms. The lowest BCUT2D eigenvalue weighted by Crippen LogP contribution is -2.41. The molecule has 0 saturated carbocycles.